The molecule has 0 heterocycles. The lowest BCUT2D eigenvalue weighted by atomic mass is 9.74. The van der Waals surface area contributed by atoms with Crippen molar-refractivity contribution in [2.24, 2.45) is 5.41 Å². The maximum Gasteiger partial charge on any atom is 0.338 e. The lowest BCUT2D eigenvalue weighted by Crippen LogP contribution is -2.43. The van der Waals surface area contributed by atoms with E-state index in [1.165, 1.54) is 33.1 Å². The normalized spacial score (nSPS) is 13.7. The predicted molar refractivity (Wildman–Crippen MR) is 157 cm³/mol. The molecular formula is C33H52O7. The van der Waals surface area contributed by atoms with Crippen LogP contribution in [-0.2, 0) is 35.0 Å². The van der Waals surface area contributed by atoms with Crippen LogP contribution in [0.1, 0.15) is 135 Å². The highest BCUT2D eigenvalue weighted by Gasteiger charge is 2.45. The molecule has 2 unspecified atom stereocenters. The molecule has 0 amide bonds. The number of ether oxygens (including phenoxy) is 3. The molecule has 0 aliphatic heterocycles. The average Bonchev–Trinajstić information content (AvgIpc) is 2.86. The maximum atomic E-state index is 13.5. The van der Waals surface area contributed by atoms with E-state index in [1.807, 2.05) is 12.1 Å². The highest BCUT2D eigenvalue weighted by atomic mass is 16.6. The van der Waals surface area contributed by atoms with Gasteiger partial charge in [0.05, 0.1) is 12.2 Å². The number of aryl methyl sites for hydroxylation is 1. The second-order valence-corrected chi connectivity index (χ2v) is 11.7. The van der Waals surface area contributed by atoms with Gasteiger partial charge in [-0.25, -0.2) is 4.79 Å². The van der Waals surface area contributed by atoms with Gasteiger partial charge in [-0.2, -0.15) is 0 Å². The van der Waals surface area contributed by atoms with Gasteiger partial charge >= 0.3 is 17.9 Å². The monoisotopic (exact) mass is 560 g/mol. The third kappa shape index (κ3) is 13.1. The van der Waals surface area contributed by atoms with Gasteiger partial charge in [0.15, 0.2) is 0 Å². The Hall–Kier alpha value is -2.70. The smallest absolute Gasteiger partial charge is 0.338 e. The van der Waals surface area contributed by atoms with Crippen molar-refractivity contribution in [3.8, 4) is 0 Å². The standard InChI is InChI=1S/C33H52O7/c1-8-10-11-12-13-17-29(39-26(4)35)18-15-24-33(25(3)34,31(37)40-32(5,6)7)23-14-16-27-19-21-28(22-20-27)30(36)38-9-2/h19-22,29H,8-18,23-24H2,1-7H3. The first kappa shape index (κ1) is 35.3. The minimum Gasteiger partial charge on any atom is -0.463 e. The molecule has 226 valence electrons. The summed E-state index contributed by atoms with van der Waals surface area (Å²) in [5.41, 5.74) is -0.489. The molecule has 0 fully saturated rings. The molecular weight excluding hydrogens is 508 g/mol. The van der Waals surface area contributed by atoms with E-state index in [4.69, 9.17) is 14.2 Å². The van der Waals surface area contributed by atoms with Crippen LogP contribution >= 0.6 is 0 Å². The first-order chi connectivity index (χ1) is 18.8. The fourth-order valence-corrected chi connectivity index (χ4v) is 4.92. The molecule has 2 atom stereocenters. The molecule has 0 spiro atoms. The van der Waals surface area contributed by atoms with Crippen molar-refractivity contribution in [2.45, 2.75) is 137 Å². The number of carbonyl (C=O) groups excluding carboxylic acids is 4. The van der Waals surface area contributed by atoms with Crippen molar-refractivity contribution in [3.63, 3.8) is 0 Å². The summed E-state index contributed by atoms with van der Waals surface area (Å²) in [6.07, 6.45) is 9.29. The quantitative estimate of drug-likeness (QED) is 0.0745. The Morgan fingerprint density at radius 2 is 1.40 bits per heavy atom. The summed E-state index contributed by atoms with van der Waals surface area (Å²) in [6, 6.07) is 7.21. The van der Waals surface area contributed by atoms with Gasteiger partial charge in [0, 0.05) is 6.92 Å². The minimum absolute atomic E-state index is 0.206. The van der Waals surface area contributed by atoms with Crippen LogP contribution in [0.3, 0.4) is 0 Å². The topological polar surface area (TPSA) is 96.0 Å². The van der Waals surface area contributed by atoms with Gasteiger partial charge in [-0.15, -0.1) is 0 Å². The average molecular weight is 561 g/mol. The van der Waals surface area contributed by atoms with Crippen LogP contribution in [0.15, 0.2) is 24.3 Å². The number of esters is 3. The minimum atomic E-state index is -1.26. The number of ketones is 1. The lowest BCUT2D eigenvalue weighted by Gasteiger charge is -2.33. The second-order valence-electron chi connectivity index (χ2n) is 11.7. The van der Waals surface area contributed by atoms with Crippen LogP contribution in [0, 0.1) is 5.41 Å². The van der Waals surface area contributed by atoms with Gasteiger partial charge in [0.25, 0.3) is 0 Å². The summed E-state index contributed by atoms with van der Waals surface area (Å²) >= 11 is 0. The van der Waals surface area contributed by atoms with E-state index in [9.17, 15) is 19.2 Å². The predicted octanol–water partition coefficient (Wildman–Crippen LogP) is 7.57. The summed E-state index contributed by atoms with van der Waals surface area (Å²) in [7, 11) is 0. The molecule has 0 bridgehead atoms. The van der Waals surface area contributed by atoms with E-state index in [0.29, 0.717) is 50.7 Å². The van der Waals surface area contributed by atoms with Crippen LogP contribution in [0.25, 0.3) is 0 Å². The number of carbonyl (C=O) groups is 4. The molecule has 0 radical (unpaired) electrons. The van der Waals surface area contributed by atoms with Gasteiger partial charge < -0.3 is 14.2 Å². The summed E-state index contributed by atoms with van der Waals surface area (Å²) in [5, 5.41) is 0. The highest BCUT2D eigenvalue weighted by molar-refractivity contribution is 6.02. The van der Waals surface area contributed by atoms with Gasteiger partial charge in [0.1, 0.15) is 22.9 Å². The Labute approximate surface area is 241 Å². The summed E-state index contributed by atoms with van der Waals surface area (Å²) in [4.78, 5) is 50.2. The molecule has 7 nitrogen and oxygen atoms in total. The molecule has 7 heteroatoms. The van der Waals surface area contributed by atoms with Crippen LogP contribution in [0.4, 0.5) is 0 Å². The van der Waals surface area contributed by atoms with Crippen LogP contribution < -0.4 is 0 Å². The molecule has 0 aliphatic rings. The lowest BCUT2D eigenvalue weighted by molar-refractivity contribution is -0.171. The number of benzene rings is 1. The van der Waals surface area contributed by atoms with Crippen LogP contribution in [-0.4, -0.2) is 42.0 Å². The third-order valence-electron chi connectivity index (χ3n) is 7.09. The fourth-order valence-electron chi connectivity index (χ4n) is 4.92. The van der Waals surface area contributed by atoms with Crippen molar-refractivity contribution in [2.75, 3.05) is 6.61 Å². The first-order valence-electron chi connectivity index (χ1n) is 15.0. The fraction of sp³-hybridized carbons (Fsp3) is 0.697. The molecule has 1 aromatic carbocycles. The SMILES string of the molecule is CCCCCCCC(CCCC(CCCc1ccc(C(=O)OCC)cc1)(C(C)=O)C(=O)OC(C)(C)C)OC(C)=O. The summed E-state index contributed by atoms with van der Waals surface area (Å²) in [6.45, 7) is 12.6. The molecule has 0 saturated heterocycles. The number of Topliss-reactive ketones (excluding diaryl/α,β-unsaturated/α-hetero) is 1. The molecule has 40 heavy (non-hydrogen) atoms. The van der Waals surface area contributed by atoms with E-state index in [-0.39, 0.29) is 23.8 Å². The Kier molecular flexibility index (Phi) is 15.8. The zero-order valence-corrected chi connectivity index (χ0v) is 25.9. The van der Waals surface area contributed by atoms with Crippen molar-refractivity contribution >= 4 is 23.7 Å². The highest BCUT2D eigenvalue weighted by Crippen LogP contribution is 2.36. The van der Waals surface area contributed by atoms with E-state index in [0.717, 1.165) is 24.8 Å². The van der Waals surface area contributed by atoms with Gasteiger partial charge in [-0.05, 0) is 104 Å². The van der Waals surface area contributed by atoms with Crippen molar-refractivity contribution in [1.82, 2.24) is 0 Å². The molecule has 1 rings (SSSR count). The number of hydrogen-bond acceptors (Lipinski definition) is 7. The Bertz CT molecular complexity index is 929. The van der Waals surface area contributed by atoms with E-state index in [2.05, 4.69) is 6.92 Å². The molecule has 0 N–H and O–H groups in total. The summed E-state index contributed by atoms with van der Waals surface area (Å²) in [5.74, 6) is -1.36. The zero-order chi connectivity index (χ0) is 30.2. The largest absolute Gasteiger partial charge is 0.463 e. The number of unbranched alkanes of at least 4 members (excludes halogenated alkanes) is 4. The first-order valence-corrected chi connectivity index (χ1v) is 15.0. The molecule has 1 aromatic rings. The van der Waals surface area contributed by atoms with Crippen LogP contribution in [0.2, 0.25) is 0 Å². The number of hydrogen-bond donors (Lipinski definition) is 0. The van der Waals surface area contributed by atoms with Gasteiger partial charge in [0.2, 0.25) is 0 Å². The van der Waals surface area contributed by atoms with E-state index in [1.54, 1.807) is 39.8 Å². The zero-order valence-electron chi connectivity index (χ0n) is 25.9. The Balaban J connectivity index is 2.95. The number of rotatable bonds is 19. The van der Waals surface area contributed by atoms with Gasteiger partial charge in [-0.1, -0.05) is 44.7 Å². The van der Waals surface area contributed by atoms with E-state index >= 15 is 0 Å². The van der Waals surface area contributed by atoms with Crippen molar-refractivity contribution in [1.29, 1.82) is 0 Å². The van der Waals surface area contributed by atoms with E-state index < -0.39 is 17.0 Å². The summed E-state index contributed by atoms with van der Waals surface area (Å²) < 4.78 is 16.4. The molecule has 0 aliphatic carbocycles. The third-order valence-corrected chi connectivity index (χ3v) is 7.09. The maximum absolute atomic E-state index is 13.5. The van der Waals surface area contributed by atoms with Crippen molar-refractivity contribution < 1.29 is 33.4 Å². The van der Waals surface area contributed by atoms with Crippen LogP contribution in [0.5, 0.6) is 0 Å². The van der Waals surface area contributed by atoms with Crippen molar-refractivity contribution in [3.05, 3.63) is 35.4 Å². The second kappa shape index (κ2) is 17.9. The molecule has 0 saturated carbocycles. The van der Waals surface area contributed by atoms with Gasteiger partial charge in [-0.3, -0.25) is 14.4 Å². The Morgan fingerprint density at radius 3 is 1.95 bits per heavy atom. The molecule has 0 aromatic heterocycles. The Morgan fingerprint density at radius 1 is 0.800 bits per heavy atom.